The van der Waals surface area contributed by atoms with Crippen molar-refractivity contribution >= 4 is 5.91 Å². The maximum atomic E-state index is 14.0. The van der Waals surface area contributed by atoms with Crippen molar-refractivity contribution in [2.45, 2.75) is 323 Å². The number of ether oxygens (including phenoxy) is 2. The fraction of sp³-hybridized carbons (Fsp3) is 0.984. The van der Waals surface area contributed by atoms with E-state index in [1.165, 1.54) is 263 Å². The smallest absolute Gasteiger partial charge is 0.222 e. The van der Waals surface area contributed by atoms with E-state index in [-0.39, 0.29) is 0 Å². The summed E-state index contributed by atoms with van der Waals surface area (Å²) in [6.45, 7) is 17.4. The van der Waals surface area contributed by atoms with Crippen molar-refractivity contribution in [2.24, 2.45) is 11.8 Å². The number of amides is 1. The minimum absolute atomic E-state index is 0.415. The lowest BCUT2D eigenvalue weighted by Gasteiger charge is -2.33. The van der Waals surface area contributed by atoms with Crippen molar-refractivity contribution in [3.05, 3.63) is 0 Å². The SMILES string of the molecule is CCCCCCCCC(=O)N(CCCN(C)C)C(CCCCCCCCCOCC(CCCCCC)CCCCCC)CCCCCCCCCOCC(CCCCCC)CCCCCC. The van der Waals surface area contributed by atoms with Gasteiger partial charge >= 0.3 is 0 Å². The first kappa shape index (κ1) is 65.3. The van der Waals surface area contributed by atoms with E-state index in [4.69, 9.17) is 9.47 Å². The fourth-order valence-corrected chi connectivity index (χ4v) is 10.2. The van der Waals surface area contributed by atoms with Crippen LogP contribution in [0.1, 0.15) is 317 Å². The molecule has 0 rings (SSSR count). The lowest BCUT2D eigenvalue weighted by Crippen LogP contribution is -2.41. The molecule has 0 atom stereocenters. The number of carbonyl (C=O) groups excluding carboxylic acids is 1. The number of hydrogen-bond acceptors (Lipinski definition) is 4. The van der Waals surface area contributed by atoms with E-state index in [2.05, 4.69) is 58.5 Å². The maximum Gasteiger partial charge on any atom is 0.222 e. The molecule has 0 aromatic heterocycles. The molecule has 0 unspecified atom stereocenters. The lowest BCUT2D eigenvalue weighted by molar-refractivity contribution is -0.134. The number of unbranched alkanes of at least 4 members (excludes halogenated alkanes) is 29. The van der Waals surface area contributed by atoms with Crippen LogP contribution in [0.25, 0.3) is 0 Å². The van der Waals surface area contributed by atoms with Gasteiger partial charge in [-0.15, -0.1) is 0 Å². The highest BCUT2D eigenvalue weighted by Gasteiger charge is 2.23. The van der Waals surface area contributed by atoms with Gasteiger partial charge in [0.25, 0.3) is 0 Å². The highest BCUT2D eigenvalue weighted by atomic mass is 16.5. The second-order valence-corrected chi connectivity index (χ2v) is 21.7. The molecule has 5 heteroatoms. The summed E-state index contributed by atoms with van der Waals surface area (Å²) in [6.07, 6.45) is 57.3. The predicted octanol–water partition coefficient (Wildman–Crippen LogP) is 19.3. The van der Waals surface area contributed by atoms with Gasteiger partial charge in [0, 0.05) is 45.4 Å². The summed E-state index contributed by atoms with van der Waals surface area (Å²) < 4.78 is 12.6. The van der Waals surface area contributed by atoms with Crippen molar-refractivity contribution < 1.29 is 14.3 Å². The Morgan fingerprint density at radius 3 is 1.02 bits per heavy atom. The summed E-state index contributed by atoms with van der Waals surface area (Å²) in [5.41, 5.74) is 0. The number of nitrogens with zero attached hydrogens (tertiary/aromatic N) is 2. The largest absolute Gasteiger partial charge is 0.381 e. The molecule has 0 saturated heterocycles. The van der Waals surface area contributed by atoms with E-state index in [0.29, 0.717) is 11.9 Å². The first-order valence-corrected chi connectivity index (χ1v) is 30.5. The molecule has 0 aliphatic heterocycles. The molecule has 396 valence electrons. The highest BCUT2D eigenvalue weighted by molar-refractivity contribution is 5.76. The van der Waals surface area contributed by atoms with Crippen molar-refractivity contribution in [3.8, 4) is 0 Å². The fourth-order valence-electron chi connectivity index (χ4n) is 10.2. The third-order valence-electron chi connectivity index (χ3n) is 14.7. The van der Waals surface area contributed by atoms with E-state index in [9.17, 15) is 4.79 Å². The molecule has 0 aliphatic rings. The predicted molar refractivity (Wildman–Crippen MR) is 294 cm³/mol. The molecule has 0 N–H and O–H groups in total. The van der Waals surface area contributed by atoms with Crippen LogP contribution >= 0.6 is 0 Å². The first-order chi connectivity index (χ1) is 32.4. The molecule has 1 amide bonds. The summed E-state index contributed by atoms with van der Waals surface area (Å²) in [6, 6.07) is 0.415. The van der Waals surface area contributed by atoms with Gasteiger partial charge in [0.1, 0.15) is 0 Å². The van der Waals surface area contributed by atoms with E-state index < -0.39 is 0 Å². The number of hydrogen-bond donors (Lipinski definition) is 0. The molecular weight excluding hydrogens is 809 g/mol. The van der Waals surface area contributed by atoms with E-state index in [1.807, 2.05) is 0 Å². The van der Waals surface area contributed by atoms with E-state index >= 15 is 0 Å². The minimum Gasteiger partial charge on any atom is -0.381 e. The molecule has 0 fully saturated rings. The van der Waals surface area contributed by atoms with Crippen molar-refractivity contribution in [1.82, 2.24) is 9.80 Å². The summed E-state index contributed by atoms with van der Waals surface area (Å²) in [5.74, 6) is 1.99. The topological polar surface area (TPSA) is 42.0 Å². The van der Waals surface area contributed by atoms with Crippen molar-refractivity contribution in [2.75, 3.05) is 53.6 Å². The van der Waals surface area contributed by atoms with Gasteiger partial charge in [0.2, 0.25) is 5.91 Å². The Bertz CT molecular complexity index is 854. The molecule has 0 aliphatic carbocycles. The summed E-state index contributed by atoms with van der Waals surface area (Å²) in [7, 11) is 4.34. The molecule has 0 aromatic rings. The highest BCUT2D eigenvalue weighted by Crippen LogP contribution is 2.24. The number of rotatable bonds is 56. The average Bonchev–Trinajstić information content (AvgIpc) is 3.31. The molecule has 0 saturated carbocycles. The van der Waals surface area contributed by atoms with Crippen LogP contribution in [0.15, 0.2) is 0 Å². The van der Waals surface area contributed by atoms with Crippen LogP contribution in [0.2, 0.25) is 0 Å². The van der Waals surface area contributed by atoms with Crippen LogP contribution in [-0.4, -0.2) is 75.4 Å². The van der Waals surface area contributed by atoms with Crippen LogP contribution < -0.4 is 0 Å². The van der Waals surface area contributed by atoms with Gasteiger partial charge in [-0.3, -0.25) is 4.79 Å². The van der Waals surface area contributed by atoms with Gasteiger partial charge in [-0.2, -0.15) is 0 Å². The number of carbonyl (C=O) groups is 1. The maximum absolute atomic E-state index is 14.0. The third kappa shape index (κ3) is 45.8. The molecule has 0 radical (unpaired) electrons. The summed E-state index contributed by atoms with van der Waals surface area (Å²) in [4.78, 5) is 18.6. The zero-order valence-electron chi connectivity index (χ0n) is 46.7. The zero-order valence-corrected chi connectivity index (χ0v) is 46.7. The van der Waals surface area contributed by atoms with Crippen LogP contribution in [0, 0.1) is 11.8 Å². The van der Waals surface area contributed by atoms with Gasteiger partial charge < -0.3 is 19.3 Å². The standard InChI is InChI=1S/C61H124N2O3/c1-8-13-18-23-32-41-51-61(64)63(53-44-52-62(6)7)60(49-39-30-26-24-28-33-42-54-65-56-58(45-35-19-14-9-2)46-36-20-15-10-3)50-40-31-27-25-29-34-43-55-66-57-59(47-37-21-16-11-4)48-38-22-17-12-5/h58-60H,8-57H2,1-7H3. The van der Waals surface area contributed by atoms with Crippen LogP contribution in [-0.2, 0) is 14.3 Å². The Morgan fingerprint density at radius 1 is 0.348 bits per heavy atom. The Kier molecular flexibility index (Phi) is 53.2. The van der Waals surface area contributed by atoms with E-state index in [0.717, 1.165) is 70.6 Å². The third-order valence-corrected chi connectivity index (χ3v) is 14.7. The van der Waals surface area contributed by atoms with E-state index in [1.54, 1.807) is 0 Å². The molecule has 66 heavy (non-hydrogen) atoms. The first-order valence-electron chi connectivity index (χ1n) is 30.5. The monoisotopic (exact) mass is 933 g/mol. The van der Waals surface area contributed by atoms with Gasteiger partial charge in [-0.25, -0.2) is 0 Å². The quantitative estimate of drug-likeness (QED) is 0.0570. The van der Waals surface area contributed by atoms with Crippen molar-refractivity contribution in [1.29, 1.82) is 0 Å². The molecule has 0 bridgehead atoms. The molecular formula is C61H124N2O3. The van der Waals surface area contributed by atoms with Crippen molar-refractivity contribution in [3.63, 3.8) is 0 Å². The Balaban J connectivity index is 4.85. The van der Waals surface area contributed by atoms with Crippen LogP contribution in [0.4, 0.5) is 0 Å². The zero-order chi connectivity index (χ0) is 48.2. The Hall–Kier alpha value is -0.650. The van der Waals surface area contributed by atoms with Gasteiger partial charge in [0.15, 0.2) is 0 Å². The molecule has 0 spiro atoms. The molecule has 0 aromatic carbocycles. The van der Waals surface area contributed by atoms with Crippen LogP contribution in [0.3, 0.4) is 0 Å². The second-order valence-electron chi connectivity index (χ2n) is 21.7. The van der Waals surface area contributed by atoms with Gasteiger partial charge in [0.05, 0.1) is 0 Å². The summed E-state index contributed by atoms with van der Waals surface area (Å²) >= 11 is 0. The summed E-state index contributed by atoms with van der Waals surface area (Å²) in [5, 5.41) is 0. The molecule has 0 heterocycles. The lowest BCUT2D eigenvalue weighted by atomic mass is 9.95. The molecule has 5 nitrogen and oxygen atoms in total. The Labute approximate surface area is 417 Å². The van der Waals surface area contributed by atoms with Gasteiger partial charge in [-0.05, 0) is 96.7 Å². The average molecular weight is 934 g/mol. The normalized spacial score (nSPS) is 12.0. The van der Waals surface area contributed by atoms with Crippen LogP contribution in [0.5, 0.6) is 0 Å². The van der Waals surface area contributed by atoms with Gasteiger partial charge in [-0.1, -0.05) is 247 Å². The second kappa shape index (κ2) is 53.7. The minimum atomic E-state index is 0.415. The Morgan fingerprint density at radius 2 is 0.652 bits per heavy atom.